The number of allylic oxidation sites excluding steroid dienone is 1. The third kappa shape index (κ3) is 7.87. The predicted octanol–water partition coefficient (Wildman–Crippen LogP) is 7.56. The molecule has 1 amide bonds. The molecule has 4 rings (SSSR count). The molecule has 0 unspecified atom stereocenters. The van der Waals surface area contributed by atoms with E-state index in [2.05, 4.69) is 44.7 Å². The second-order valence-electron chi connectivity index (χ2n) is 10.3. The molecule has 3 aromatic carbocycles. The first-order valence-electron chi connectivity index (χ1n) is 14.2. The maximum Gasteiger partial charge on any atom is 0.222 e. The summed E-state index contributed by atoms with van der Waals surface area (Å²) in [7, 11) is 0. The number of ether oxygens (including phenoxy) is 3. The van der Waals surface area contributed by atoms with Gasteiger partial charge >= 0.3 is 0 Å². The van der Waals surface area contributed by atoms with Gasteiger partial charge in [-0.2, -0.15) is 0 Å². The van der Waals surface area contributed by atoms with E-state index in [1.54, 1.807) is 6.07 Å². The number of likely N-dealkylation sites (tertiary alicyclic amines) is 1. The van der Waals surface area contributed by atoms with Crippen LogP contribution in [0.1, 0.15) is 54.9 Å². The summed E-state index contributed by atoms with van der Waals surface area (Å²) in [5.41, 5.74) is 6.16. The van der Waals surface area contributed by atoms with E-state index in [1.165, 1.54) is 11.6 Å². The highest BCUT2D eigenvalue weighted by Gasteiger charge is 2.19. The summed E-state index contributed by atoms with van der Waals surface area (Å²) in [6.07, 6.45) is 3.58. The molecule has 40 heavy (non-hydrogen) atoms. The number of rotatable bonds is 14. The maximum atomic E-state index is 14.6. The number of carbonyl (C=O) groups is 1. The Morgan fingerprint density at radius 1 is 1.02 bits per heavy atom. The molecule has 0 aliphatic carbocycles. The highest BCUT2D eigenvalue weighted by Crippen LogP contribution is 2.32. The van der Waals surface area contributed by atoms with Crippen LogP contribution in [0.15, 0.2) is 66.9 Å². The molecule has 1 fully saturated rings. The lowest BCUT2D eigenvalue weighted by Gasteiger charge is -2.17. The van der Waals surface area contributed by atoms with Crippen LogP contribution in [0.25, 0.3) is 11.1 Å². The largest absolute Gasteiger partial charge is 0.499 e. The quantitative estimate of drug-likeness (QED) is 0.155. The first kappa shape index (κ1) is 29.2. The molecule has 212 valence electrons. The van der Waals surface area contributed by atoms with Crippen molar-refractivity contribution in [1.82, 2.24) is 4.90 Å². The zero-order valence-electron chi connectivity index (χ0n) is 23.9. The minimum atomic E-state index is -0.284. The fourth-order valence-corrected chi connectivity index (χ4v) is 5.20. The van der Waals surface area contributed by atoms with Gasteiger partial charge in [-0.05, 0) is 97.7 Å². The van der Waals surface area contributed by atoms with Gasteiger partial charge in [-0.25, -0.2) is 4.39 Å². The lowest BCUT2D eigenvalue weighted by molar-refractivity contribution is -0.127. The standard InChI is InChI=1S/C34H40FNO4/c1-5-38-26(4)12-13-28-14-15-30(22-32(28)35)40-23-27-9-6-10-29(21-27)34-24(2)19-31(20-25(34)3)39-18-8-17-36-16-7-11-33(36)37/h6,9-10,14-15,19-22H,4-5,7-8,11-13,16-18,23H2,1-3H3. The van der Waals surface area contributed by atoms with E-state index in [0.29, 0.717) is 56.2 Å². The van der Waals surface area contributed by atoms with E-state index in [0.717, 1.165) is 53.9 Å². The van der Waals surface area contributed by atoms with Crippen molar-refractivity contribution in [2.24, 2.45) is 0 Å². The highest BCUT2D eigenvalue weighted by atomic mass is 19.1. The topological polar surface area (TPSA) is 48.0 Å². The molecule has 1 aliphatic heterocycles. The van der Waals surface area contributed by atoms with Crippen LogP contribution in [-0.2, 0) is 22.6 Å². The van der Waals surface area contributed by atoms with Crippen molar-refractivity contribution in [3.05, 3.63) is 95.0 Å². The van der Waals surface area contributed by atoms with E-state index in [-0.39, 0.29) is 11.7 Å². The van der Waals surface area contributed by atoms with Crippen molar-refractivity contribution in [2.75, 3.05) is 26.3 Å². The molecule has 0 radical (unpaired) electrons. The zero-order valence-corrected chi connectivity index (χ0v) is 23.9. The molecule has 0 atom stereocenters. The van der Waals surface area contributed by atoms with Crippen LogP contribution in [-0.4, -0.2) is 37.1 Å². The Morgan fingerprint density at radius 3 is 2.52 bits per heavy atom. The second kappa shape index (κ2) is 14.0. The van der Waals surface area contributed by atoms with E-state index in [9.17, 15) is 9.18 Å². The molecular weight excluding hydrogens is 505 g/mol. The molecule has 1 aliphatic rings. The number of hydrogen-bond donors (Lipinski definition) is 0. The second-order valence-corrected chi connectivity index (χ2v) is 10.3. The van der Waals surface area contributed by atoms with E-state index < -0.39 is 0 Å². The number of halogens is 1. The van der Waals surface area contributed by atoms with Crippen molar-refractivity contribution in [3.8, 4) is 22.6 Å². The molecule has 6 heteroatoms. The average molecular weight is 546 g/mol. The minimum absolute atomic E-state index is 0.254. The van der Waals surface area contributed by atoms with Gasteiger partial charge in [-0.1, -0.05) is 30.8 Å². The van der Waals surface area contributed by atoms with Gasteiger partial charge in [0.1, 0.15) is 23.9 Å². The molecule has 1 saturated heterocycles. The normalized spacial score (nSPS) is 13.0. The summed E-state index contributed by atoms with van der Waals surface area (Å²) < 4.78 is 31.9. The van der Waals surface area contributed by atoms with Gasteiger partial charge in [0.05, 0.1) is 19.0 Å². The minimum Gasteiger partial charge on any atom is -0.499 e. The lowest BCUT2D eigenvalue weighted by Crippen LogP contribution is -2.26. The van der Waals surface area contributed by atoms with Gasteiger partial charge in [0, 0.05) is 32.0 Å². The Hall–Kier alpha value is -3.80. The number of carbonyl (C=O) groups excluding carboxylic acids is 1. The number of hydrogen-bond acceptors (Lipinski definition) is 4. The summed E-state index contributed by atoms with van der Waals surface area (Å²) in [5, 5.41) is 0. The van der Waals surface area contributed by atoms with Crippen LogP contribution >= 0.6 is 0 Å². The Kier molecular flexibility index (Phi) is 10.2. The smallest absolute Gasteiger partial charge is 0.222 e. The number of aryl methyl sites for hydroxylation is 3. The van der Waals surface area contributed by atoms with Gasteiger partial charge in [-0.15, -0.1) is 0 Å². The Bertz CT molecular complexity index is 1310. The Morgan fingerprint density at radius 2 is 1.82 bits per heavy atom. The van der Waals surface area contributed by atoms with Gasteiger partial charge < -0.3 is 19.1 Å². The lowest BCUT2D eigenvalue weighted by atomic mass is 9.94. The maximum absolute atomic E-state index is 14.6. The van der Waals surface area contributed by atoms with Crippen LogP contribution in [0.2, 0.25) is 0 Å². The van der Waals surface area contributed by atoms with Crippen molar-refractivity contribution in [1.29, 1.82) is 0 Å². The first-order chi connectivity index (χ1) is 19.3. The average Bonchev–Trinajstić information content (AvgIpc) is 3.34. The van der Waals surface area contributed by atoms with E-state index in [1.807, 2.05) is 30.0 Å². The third-order valence-electron chi connectivity index (χ3n) is 7.19. The first-order valence-corrected chi connectivity index (χ1v) is 14.2. The molecule has 0 N–H and O–H groups in total. The molecule has 0 spiro atoms. The monoisotopic (exact) mass is 545 g/mol. The Balaban J connectivity index is 1.34. The number of nitrogens with zero attached hydrogens (tertiary/aromatic N) is 1. The summed E-state index contributed by atoms with van der Waals surface area (Å²) >= 11 is 0. The van der Waals surface area contributed by atoms with Gasteiger partial charge in [0.15, 0.2) is 0 Å². The predicted molar refractivity (Wildman–Crippen MR) is 157 cm³/mol. The molecule has 0 saturated carbocycles. The van der Waals surface area contributed by atoms with Crippen LogP contribution in [0.5, 0.6) is 11.5 Å². The molecule has 0 aromatic heterocycles. The molecule has 0 bridgehead atoms. The molecule has 5 nitrogen and oxygen atoms in total. The van der Waals surface area contributed by atoms with Gasteiger partial charge in [0.25, 0.3) is 0 Å². The van der Waals surface area contributed by atoms with Crippen molar-refractivity contribution in [2.45, 2.75) is 59.5 Å². The summed E-state index contributed by atoms with van der Waals surface area (Å²) in [4.78, 5) is 13.7. The SMILES string of the molecule is C=C(CCc1ccc(OCc2cccc(-c3c(C)cc(OCCCN4CCCC4=O)cc3C)c2)cc1F)OCC. The third-order valence-corrected chi connectivity index (χ3v) is 7.19. The molecular formula is C34H40FNO4. The fraction of sp³-hybridized carbons (Fsp3) is 0.382. The van der Waals surface area contributed by atoms with Gasteiger partial charge in [0.2, 0.25) is 5.91 Å². The Labute approximate surface area is 237 Å². The van der Waals surface area contributed by atoms with E-state index >= 15 is 0 Å². The summed E-state index contributed by atoms with van der Waals surface area (Å²) in [6.45, 7) is 13.1. The molecule has 1 heterocycles. The number of benzene rings is 3. The molecule has 3 aromatic rings. The summed E-state index contributed by atoms with van der Waals surface area (Å²) in [6, 6.07) is 17.4. The van der Waals surface area contributed by atoms with Crippen molar-refractivity contribution < 1.29 is 23.4 Å². The number of amides is 1. The van der Waals surface area contributed by atoms with Crippen molar-refractivity contribution >= 4 is 5.91 Å². The van der Waals surface area contributed by atoms with E-state index in [4.69, 9.17) is 14.2 Å². The van der Waals surface area contributed by atoms with Crippen LogP contribution < -0.4 is 9.47 Å². The van der Waals surface area contributed by atoms with Crippen LogP contribution in [0, 0.1) is 19.7 Å². The van der Waals surface area contributed by atoms with Gasteiger partial charge in [-0.3, -0.25) is 4.79 Å². The summed E-state index contributed by atoms with van der Waals surface area (Å²) in [5.74, 6) is 1.98. The highest BCUT2D eigenvalue weighted by molar-refractivity contribution is 5.78. The van der Waals surface area contributed by atoms with Crippen molar-refractivity contribution in [3.63, 3.8) is 0 Å². The fourth-order valence-electron chi connectivity index (χ4n) is 5.20. The van der Waals surface area contributed by atoms with Crippen LogP contribution in [0.4, 0.5) is 4.39 Å². The van der Waals surface area contributed by atoms with Crippen LogP contribution in [0.3, 0.4) is 0 Å². The zero-order chi connectivity index (χ0) is 28.5.